The van der Waals surface area contributed by atoms with Crippen LogP contribution in [0.2, 0.25) is 0 Å². The number of hydrogen-bond acceptors (Lipinski definition) is 3. The van der Waals surface area contributed by atoms with Crippen molar-refractivity contribution < 1.29 is 4.74 Å². The minimum Gasteiger partial charge on any atom is -0.377 e. The molecule has 2 aromatic rings. The Kier molecular flexibility index (Phi) is 4.91. The predicted molar refractivity (Wildman–Crippen MR) is 86.9 cm³/mol. The van der Waals surface area contributed by atoms with Crippen molar-refractivity contribution in [2.75, 3.05) is 7.11 Å². The lowest BCUT2D eigenvalue weighted by molar-refractivity contribution is 0.147. The second-order valence-electron chi connectivity index (χ2n) is 5.58. The molecule has 0 aliphatic heterocycles. The molecule has 2 rings (SSSR count). The number of aromatic nitrogens is 3. The highest BCUT2D eigenvalue weighted by Crippen LogP contribution is 2.17. The average molecular weight is 285 g/mol. The average Bonchev–Trinajstić information content (AvgIpc) is 2.88. The van der Waals surface area contributed by atoms with Gasteiger partial charge in [-0.05, 0) is 43.5 Å². The van der Waals surface area contributed by atoms with Crippen LogP contribution in [0.15, 0.2) is 42.0 Å². The Balaban J connectivity index is 2.45. The summed E-state index contributed by atoms with van der Waals surface area (Å²) in [6, 6.07) is 7.89. The van der Waals surface area contributed by atoms with Gasteiger partial charge in [0.25, 0.3) is 0 Å². The Morgan fingerprint density at radius 1 is 1.14 bits per heavy atom. The van der Waals surface area contributed by atoms with Crippen LogP contribution in [0.3, 0.4) is 0 Å². The molecule has 4 heteroatoms. The van der Waals surface area contributed by atoms with Crippen LogP contribution in [-0.4, -0.2) is 28.2 Å². The van der Waals surface area contributed by atoms with Crippen molar-refractivity contribution in [3.05, 3.63) is 42.0 Å². The Hall–Kier alpha value is -1.94. The van der Waals surface area contributed by atoms with E-state index in [-0.39, 0.29) is 6.10 Å². The first-order valence-corrected chi connectivity index (χ1v) is 7.26. The Morgan fingerprint density at radius 3 is 2.19 bits per heavy atom. The second kappa shape index (κ2) is 6.68. The molecule has 0 saturated heterocycles. The summed E-state index contributed by atoms with van der Waals surface area (Å²) in [6.45, 7) is 8.38. The zero-order valence-corrected chi connectivity index (χ0v) is 13.4. The molecule has 0 saturated carbocycles. The monoisotopic (exact) mass is 285 g/mol. The number of fused-ring (bicyclic) bond motifs is 1. The summed E-state index contributed by atoms with van der Waals surface area (Å²) in [7, 11) is 1.72. The van der Waals surface area contributed by atoms with Crippen molar-refractivity contribution in [2.45, 2.75) is 33.8 Å². The first-order chi connectivity index (χ1) is 10.0. The number of rotatable bonds is 5. The Bertz CT molecular complexity index is 634. The number of hydrogen-bond donors (Lipinski definition) is 0. The molecule has 21 heavy (non-hydrogen) atoms. The predicted octanol–water partition coefficient (Wildman–Crippen LogP) is 3.91. The van der Waals surface area contributed by atoms with Gasteiger partial charge >= 0.3 is 0 Å². The van der Waals surface area contributed by atoms with E-state index in [1.165, 1.54) is 0 Å². The van der Waals surface area contributed by atoms with Crippen LogP contribution in [0.1, 0.15) is 27.7 Å². The molecule has 112 valence electrons. The van der Waals surface area contributed by atoms with Crippen molar-refractivity contribution in [1.29, 1.82) is 0 Å². The van der Waals surface area contributed by atoms with Gasteiger partial charge < -0.3 is 4.74 Å². The van der Waals surface area contributed by atoms with E-state index in [2.05, 4.69) is 43.1 Å². The summed E-state index contributed by atoms with van der Waals surface area (Å²) in [5.41, 5.74) is 3.92. The Morgan fingerprint density at radius 2 is 1.71 bits per heavy atom. The van der Waals surface area contributed by atoms with E-state index in [1.807, 2.05) is 31.2 Å². The minimum absolute atomic E-state index is 0.0746. The third kappa shape index (κ3) is 3.79. The fourth-order valence-electron chi connectivity index (χ4n) is 2.03. The lowest BCUT2D eigenvalue weighted by Gasteiger charge is -2.11. The molecule has 0 radical (unpaired) electrons. The van der Waals surface area contributed by atoms with Crippen LogP contribution in [0, 0.1) is 5.92 Å². The highest BCUT2D eigenvalue weighted by molar-refractivity contribution is 5.74. The highest BCUT2D eigenvalue weighted by atomic mass is 16.5. The third-order valence-corrected chi connectivity index (χ3v) is 3.39. The van der Waals surface area contributed by atoms with Crippen molar-refractivity contribution >= 4 is 16.7 Å². The van der Waals surface area contributed by atoms with Gasteiger partial charge in [-0.2, -0.15) is 4.80 Å². The van der Waals surface area contributed by atoms with Gasteiger partial charge in [-0.15, -0.1) is 10.2 Å². The summed E-state index contributed by atoms with van der Waals surface area (Å²) >= 11 is 0. The van der Waals surface area contributed by atoms with Crippen LogP contribution >= 0.6 is 0 Å². The molecule has 1 atom stereocenters. The standard InChI is InChI=1S/C17H23N3O/c1-12(2)10-15(11-13(3)14(4)21-5)20-18-16-8-6-7-9-17(16)19-20/h6-12,14H,1-5H3/b13-11-,15-10+. The molecule has 1 heterocycles. The maximum Gasteiger partial charge on any atom is 0.113 e. The zero-order valence-electron chi connectivity index (χ0n) is 13.4. The number of nitrogens with zero attached hydrogens (tertiary/aromatic N) is 3. The molecule has 4 nitrogen and oxygen atoms in total. The second-order valence-corrected chi connectivity index (χ2v) is 5.58. The van der Waals surface area contributed by atoms with E-state index in [1.54, 1.807) is 11.9 Å². The van der Waals surface area contributed by atoms with E-state index in [4.69, 9.17) is 4.74 Å². The zero-order chi connectivity index (χ0) is 15.4. The fraction of sp³-hybridized carbons (Fsp3) is 0.412. The smallest absolute Gasteiger partial charge is 0.113 e. The quantitative estimate of drug-likeness (QED) is 0.782. The molecule has 1 aromatic heterocycles. The van der Waals surface area contributed by atoms with Crippen molar-refractivity contribution in [3.63, 3.8) is 0 Å². The first-order valence-electron chi connectivity index (χ1n) is 7.26. The van der Waals surface area contributed by atoms with Crippen LogP contribution in [0.25, 0.3) is 16.7 Å². The van der Waals surface area contributed by atoms with Gasteiger partial charge in [-0.25, -0.2) is 0 Å². The maximum absolute atomic E-state index is 5.37. The maximum atomic E-state index is 5.37. The van der Waals surface area contributed by atoms with Crippen molar-refractivity contribution in [3.8, 4) is 0 Å². The highest BCUT2D eigenvalue weighted by Gasteiger charge is 2.08. The SMILES string of the molecule is COC(C)/C(C)=C\C(=C/C(C)C)n1nc2ccccc2n1. The van der Waals surface area contributed by atoms with Crippen LogP contribution in [0.4, 0.5) is 0 Å². The van der Waals surface area contributed by atoms with Gasteiger partial charge in [0.2, 0.25) is 0 Å². The Labute approximate surface area is 126 Å². The number of allylic oxidation sites excluding steroid dienone is 3. The van der Waals surface area contributed by atoms with Crippen molar-refractivity contribution in [2.24, 2.45) is 5.92 Å². The lowest BCUT2D eigenvalue weighted by atomic mass is 10.1. The molecule has 0 spiro atoms. The molecule has 1 aromatic carbocycles. The summed E-state index contributed by atoms with van der Waals surface area (Å²) in [5.74, 6) is 0.413. The molecule has 0 fully saturated rings. The number of ether oxygens (including phenoxy) is 1. The van der Waals surface area contributed by atoms with Crippen LogP contribution < -0.4 is 0 Å². The molecule has 0 aliphatic rings. The third-order valence-electron chi connectivity index (χ3n) is 3.39. The van der Waals surface area contributed by atoms with Gasteiger partial charge in [0.1, 0.15) is 11.0 Å². The molecule has 0 aliphatic carbocycles. The summed E-state index contributed by atoms with van der Waals surface area (Å²) < 4.78 is 5.37. The first kappa shape index (κ1) is 15.4. The summed E-state index contributed by atoms with van der Waals surface area (Å²) in [6.07, 6.45) is 4.32. The van der Waals surface area contributed by atoms with E-state index in [0.717, 1.165) is 22.3 Å². The van der Waals surface area contributed by atoms with E-state index >= 15 is 0 Å². The minimum atomic E-state index is 0.0746. The molecule has 0 amide bonds. The largest absolute Gasteiger partial charge is 0.377 e. The number of methoxy groups -OCH3 is 1. The molecule has 0 bridgehead atoms. The van der Waals surface area contributed by atoms with E-state index in [0.29, 0.717) is 5.92 Å². The van der Waals surface area contributed by atoms with Gasteiger partial charge in [0, 0.05) is 7.11 Å². The molecule has 1 unspecified atom stereocenters. The van der Waals surface area contributed by atoms with Gasteiger partial charge in [0.05, 0.1) is 11.8 Å². The normalized spacial score (nSPS) is 15.0. The summed E-state index contributed by atoms with van der Waals surface area (Å²) in [4.78, 5) is 1.70. The van der Waals surface area contributed by atoms with E-state index in [9.17, 15) is 0 Å². The lowest BCUT2D eigenvalue weighted by Crippen LogP contribution is -2.08. The van der Waals surface area contributed by atoms with Crippen molar-refractivity contribution in [1.82, 2.24) is 15.0 Å². The summed E-state index contributed by atoms with van der Waals surface area (Å²) in [5, 5.41) is 9.11. The fourth-order valence-corrected chi connectivity index (χ4v) is 2.03. The molecular weight excluding hydrogens is 262 g/mol. The molecule has 0 N–H and O–H groups in total. The van der Waals surface area contributed by atoms with Crippen LogP contribution in [0.5, 0.6) is 0 Å². The topological polar surface area (TPSA) is 39.9 Å². The van der Waals surface area contributed by atoms with Gasteiger partial charge in [-0.3, -0.25) is 0 Å². The van der Waals surface area contributed by atoms with Crippen LogP contribution in [-0.2, 0) is 4.74 Å². The van der Waals surface area contributed by atoms with Gasteiger partial charge in [0.15, 0.2) is 0 Å². The molecular formula is C17H23N3O. The van der Waals surface area contributed by atoms with Gasteiger partial charge in [-0.1, -0.05) is 32.1 Å². The van der Waals surface area contributed by atoms with E-state index < -0.39 is 0 Å². The number of benzene rings is 1.